The molecule has 0 saturated heterocycles. The number of hydrogen-bond donors (Lipinski definition) is 1. The fourth-order valence-corrected chi connectivity index (χ4v) is 2.81. The number of aromatic nitrogens is 2. The van der Waals surface area contributed by atoms with Crippen LogP contribution >= 0.6 is 0 Å². The van der Waals surface area contributed by atoms with Gasteiger partial charge in [0, 0.05) is 11.8 Å². The van der Waals surface area contributed by atoms with Crippen LogP contribution in [0.5, 0.6) is 0 Å². The number of para-hydroxylation sites is 1. The third kappa shape index (κ3) is 4.65. The molecule has 3 aromatic rings. The first-order chi connectivity index (χ1) is 13.4. The van der Waals surface area contributed by atoms with E-state index < -0.39 is 5.97 Å². The minimum Gasteiger partial charge on any atom is -0.462 e. The summed E-state index contributed by atoms with van der Waals surface area (Å²) >= 11 is 0. The van der Waals surface area contributed by atoms with Gasteiger partial charge >= 0.3 is 5.97 Å². The summed E-state index contributed by atoms with van der Waals surface area (Å²) in [7, 11) is 0. The fourth-order valence-electron chi connectivity index (χ4n) is 2.81. The minimum absolute atomic E-state index is 0.194. The third-order valence-electron chi connectivity index (χ3n) is 4.03. The zero-order chi connectivity index (χ0) is 20.1. The number of amides is 1. The maximum atomic E-state index is 12.8. The topological polar surface area (TPSA) is 73.2 Å². The summed E-state index contributed by atoms with van der Waals surface area (Å²) in [6.07, 6.45) is 1.45. The zero-order valence-electron chi connectivity index (χ0n) is 16.2. The zero-order valence-corrected chi connectivity index (χ0v) is 16.2. The number of carbonyl (C=O) groups excluding carboxylic acids is 2. The van der Waals surface area contributed by atoms with E-state index in [1.54, 1.807) is 24.7 Å². The van der Waals surface area contributed by atoms with Crippen molar-refractivity contribution < 1.29 is 14.3 Å². The third-order valence-corrected chi connectivity index (χ3v) is 4.03. The quantitative estimate of drug-likeness (QED) is 0.667. The molecule has 6 heteroatoms. The summed E-state index contributed by atoms with van der Waals surface area (Å²) in [6.45, 7) is 5.32. The molecule has 0 atom stereocenters. The molecule has 1 amide bonds. The number of aryl methyl sites for hydroxylation is 1. The Balaban J connectivity index is 1.93. The highest BCUT2D eigenvalue weighted by molar-refractivity contribution is 6.01. The Bertz CT molecular complexity index is 978. The first-order valence-corrected chi connectivity index (χ1v) is 9.14. The average molecular weight is 377 g/mol. The van der Waals surface area contributed by atoms with Crippen molar-refractivity contribution in [2.24, 2.45) is 0 Å². The van der Waals surface area contributed by atoms with E-state index in [4.69, 9.17) is 4.74 Å². The molecule has 1 heterocycles. The summed E-state index contributed by atoms with van der Waals surface area (Å²) in [6, 6.07) is 17.4. The van der Waals surface area contributed by atoms with Crippen molar-refractivity contribution in [3.8, 4) is 16.9 Å². The predicted molar refractivity (Wildman–Crippen MR) is 107 cm³/mol. The lowest BCUT2D eigenvalue weighted by Crippen LogP contribution is -2.31. The van der Waals surface area contributed by atoms with Crippen molar-refractivity contribution in [2.45, 2.75) is 26.9 Å². The number of rotatable bonds is 6. The van der Waals surface area contributed by atoms with Gasteiger partial charge in [-0.15, -0.1) is 0 Å². The molecule has 0 aliphatic heterocycles. The summed E-state index contributed by atoms with van der Waals surface area (Å²) in [5.74, 6) is -0.852. The monoisotopic (exact) mass is 377 g/mol. The van der Waals surface area contributed by atoms with Crippen LogP contribution in [-0.4, -0.2) is 34.3 Å². The van der Waals surface area contributed by atoms with Gasteiger partial charge in [-0.05, 0) is 39.0 Å². The van der Waals surface area contributed by atoms with E-state index in [2.05, 4.69) is 10.4 Å². The minimum atomic E-state index is -0.476. The maximum absolute atomic E-state index is 12.8. The molecule has 28 heavy (non-hydrogen) atoms. The number of benzene rings is 2. The molecule has 0 unspecified atom stereocenters. The van der Waals surface area contributed by atoms with Gasteiger partial charge in [0.05, 0.1) is 17.4 Å². The standard InChI is InChI=1S/C22H23N3O3/c1-15(2)28-20(26)13-23-22(27)19-14-25(18-10-5-4-6-11-18)24-21(19)17-9-7-8-16(3)12-17/h4-12,14-15H,13H2,1-3H3,(H,23,27). The molecule has 0 saturated carbocycles. The predicted octanol–water partition coefficient (Wildman–Crippen LogP) is 3.53. The molecule has 144 valence electrons. The number of nitrogens with one attached hydrogen (secondary N) is 1. The van der Waals surface area contributed by atoms with Crippen molar-refractivity contribution in [3.63, 3.8) is 0 Å². The lowest BCUT2D eigenvalue weighted by Gasteiger charge is -2.09. The number of hydrogen-bond acceptors (Lipinski definition) is 4. The second kappa shape index (κ2) is 8.52. The first-order valence-electron chi connectivity index (χ1n) is 9.14. The SMILES string of the molecule is Cc1cccc(-c2nn(-c3ccccc3)cc2C(=O)NCC(=O)OC(C)C)c1. The van der Waals surface area contributed by atoms with Crippen LogP contribution in [0.25, 0.3) is 16.9 Å². The fraction of sp³-hybridized carbons (Fsp3) is 0.227. The van der Waals surface area contributed by atoms with Gasteiger partial charge in [0.25, 0.3) is 5.91 Å². The van der Waals surface area contributed by atoms with Gasteiger partial charge in [0.15, 0.2) is 0 Å². The Hall–Kier alpha value is -3.41. The van der Waals surface area contributed by atoms with Crippen LogP contribution in [0.15, 0.2) is 60.8 Å². The Labute approximate surface area is 164 Å². The van der Waals surface area contributed by atoms with Gasteiger partial charge in [-0.3, -0.25) is 9.59 Å². The molecule has 0 aliphatic rings. The van der Waals surface area contributed by atoms with Crippen LogP contribution < -0.4 is 5.32 Å². The second-order valence-corrected chi connectivity index (χ2v) is 6.76. The van der Waals surface area contributed by atoms with Crippen molar-refractivity contribution in [3.05, 3.63) is 71.9 Å². The maximum Gasteiger partial charge on any atom is 0.325 e. The molecule has 2 aromatic carbocycles. The van der Waals surface area contributed by atoms with Crippen molar-refractivity contribution in [1.29, 1.82) is 0 Å². The van der Waals surface area contributed by atoms with Crippen LogP contribution in [0.2, 0.25) is 0 Å². The van der Waals surface area contributed by atoms with Crippen molar-refractivity contribution in [2.75, 3.05) is 6.54 Å². The van der Waals surface area contributed by atoms with Crippen molar-refractivity contribution in [1.82, 2.24) is 15.1 Å². The van der Waals surface area contributed by atoms with Gasteiger partial charge in [-0.2, -0.15) is 5.10 Å². The highest BCUT2D eigenvalue weighted by atomic mass is 16.5. The van der Waals surface area contributed by atoms with E-state index in [-0.39, 0.29) is 18.6 Å². The summed E-state index contributed by atoms with van der Waals surface area (Å²) in [5.41, 5.74) is 3.70. The lowest BCUT2D eigenvalue weighted by molar-refractivity contribution is -0.146. The van der Waals surface area contributed by atoms with Gasteiger partial charge in [-0.25, -0.2) is 4.68 Å². The van der Waals surface area contributed by atoms with E-state index >= 15 is 0 Å². The van der Waals surface area contributed by atoms with Gasteiger partial charge in [-0.1, -0.05) is 42.0 Å². The van der Waals surface area contributed by atoms with E-state index in [9.17, 15) is 9.59 Å². The molecule has 1 aromatic heterocycles. The molecular formula is C22H23N3O3. The van der Waals surface area contributed by atoms with Crippen LogP contribution in [0.1, 0.15) is 29.8 Å². The van der Waals surface area contributed by atoms with Gasteiger partial charge in [0.1, 0.15) is 12.2 Å². The molecule has 3 rings (SSSR count). The average Bonchev–Trinajstić information content (AvgIpc) is 3.12. The van der Waals surface area contributed by atoms with Crippen LogP contribution in [0, 0.1) is 6.92 Å². The highest BCUT2D eigenvalue weighted by Gasteiger charge is 2.19. The second-order valence-electron chi connectivity index (χ2n) is 6.76. The Kier molecular flexibility index (Phi) is 5.89. The van der Waals surface area contributed by atoms with Gasteiger partial charge in [0.2, 0.25) is 0 Å². The van der Waals surface area contributed by atoms with Gasteiger partial charge < -0.3 is 10.1 Å². The molecule has 0 spiro atoms. The summed E-state index contributed by atoms with van der Waals surface area (Å²) in [5, 5.41) is 7.25. The lowest BCUT2D eigenvalue weighted by atomic mass is 10.1. The number of carbonyl (C=O) groups is 2. The van der Waals surface area contributed by atoms with Crippen LogP contribution in [-0.2, 0) is 9.53 Å². The van der Waals surface area contributed by atoms with Crippen LogP contribution in [0.4, 0.5) is 0 Å². The van der Waals surface area contributed by atoms with Crippen molar-refractivity contribution >= 4 is 11.9 Å². The molecule has 0 bridgehead atoms. The normalized spacial score (nSPS) is 10.7. The van der Waals surface area contributed by atoms with E-state index in [0.29, 0.717) is 11.3 Å². The summed E-state index contributed by atoms with van der Waals surface area (Å²) < 4.78 is 6.73. The number of nitrogens with zero attached hydrogens (tertiary/aromatic N) is 2. The number of esters is 1. The Morgan fingerprint density at radius 3 is 2.54 bits per heavy atom. The van der Waals surface area contributed by atoms with E-state index in [1.165, 1.54) is 0 Å². The highest BCUT2D eigenvalue weighted by Crippen LogP contribution is 2.24. The number of ether oxygens (including phenoxy) is 1. The van der Waals surface area contributed by atoms with E-state index in [0.717, 1.165) is 16.8 Å². The smallest absolute Gasteiger partial charge is 0.325 e. The summed E-state index contributed by atoms with van der Waals surface area (Å²) in [4.78, 5) is 24.5. The molecular weight excluding hydrogens is 354 g/mol. The molecule has 0 radical (unpaired) electrons. The largest absolute Gasteiger partial charge is 0.462 e. The molecule has 0 aliphatic carbocycles. The Morgan fingerprint density at radius 2 is 1.86 bits per heavy atom. The Morgan fingerprint density at radius 1 is 1.11 bits per heavy atom. The molecule has 6 nitrogen and oxygen atoms in total. The van der Waals surface area contributed by atoms with E-state index in [1.807, 2.05) is 61.5 Å². The molecule has 0 fully saturated rings. The molecule has 1 N–H and O–H groups in total. The first kappa shape index (κ1) is 19.4. The van der Waals surface area contributed by atoms with Crippen LogP contribution in [0.3, 0.4) is 0 Å².